The van der Waals surface area contributed by atoms with Gasteiger partial charge in [0.1, 0.15) is 17.6 Å². The molecule has 1 aliphatic rings. The topological polar surface area (TPSA) is 69.7 Å². The highest BCUT2D eigenvalue weighted by molar-refractivity contribution is 7.90. The number of sulfone groups is 1. The zero-order valence-electron chi connectivity index (χ0n) is 15.6. The molecule has 27 heavy (non-hydrogen) atoms. The summed E-state index contributed by atoms with van der Waals surface area (Å²) >= 11 is 0. The average Bonchev–Trinajstić information content (AvgIpc) is 2.98. The van der Waals surface area contributed by atoms with Gasteiger partial charge in [-0.3, -0.25) is 4.79 Å². The smallest absolute Gasteiger partial charge is 0.185 e. The molecule has 0 radical (unpaired) electrons. The first-order valence-corrected chi connectivity index (χ1v) is 10.7. The fourth-order valence-corrected chi connectivity index (χ4v) is 3.62. The maximum Gasteiger partial charge on any atom is 0.185 e. The molecule has 0 saturated carbocycles. The molecule has 0 bridgehead atoms. The van der Waals surface area contributed by atoms with Gasteiger partial charge in [-0.15, -0.1) is 0 Å². The lowest BCUT2D eigenvalue weighted by Crippen LogP contribution is -2.05. The molecule has 5 nitrogen and oxygen atoms in total. The first kappa shape index (κ1) is 19.2. The van der Waals surface area contributed by atoms with E-state index in [4.69, 9.17) is 9.47 Å². The van der Waals surface area contributed by atoms with Crippen LogP contribution in [-0.4, -0.2) is 33.2 Å². The van der Waals surface area contributed by atoms with Gasteiger partial charge in [0.2, 0.25) is 0 Å². The summed E-state index contributed by atoms with van der Waals surface area (Å²) in [6, 6.07) is 9.76. The number of hydrogen-bond donors (Lipinski definition) is 0. The standard InChI is InChI=1S/C21H22O5S/c1-4-25-20-13-17-11-14(2)26-21(17)12-16(20)7-10-19(22)15-5-8-18(9-6-15)27(3,23)24/h5-10,12-14H,4,11H2,1-3H3/b10-7+/t14-/m0/s1. The van der Waals surface area contributed by atoms with E-state index in [0.29, 0.717) is 17.9 Å². The number of hydrogen-bond acceptors (Lipinski definition) is 5. The minimum Gasteiger partial charge on any atom is -0.493 e. The van der Waals surface area contributed by atoms with Crippen molar-refractivity contribution in [3.8, 4) is 11.5 Å². The van der Waals surface area contributed by atoms with Crippen molar-refractivity contribution in [3.63, 3.8) is 0 Å². The summed E-state index contributed by atoms with van der Waals surface area (Å²) in [7, 11) is -3.28. The lowest BCUT2D eigenvalue weighted by Gasteiger charge is -2.10. The van der Waals surface area contributed by atoms with Gasteiger partial charge >= 0.3 is 0 Å². The second-order valence-electron chi connectivity index (χ2n) is 6.56. The minimum absolute atomic E-state index is 0.128. The predicted molar refractivity (Wildman–Crippen MR) is 104 cm³/mol. The van der Waals surface area contributed by atoms with E-state index in [2.05, 4.69) is 0 Å². The number of carbonyl (C=O) groups excluding carboxylic acids is 1. The molecule has 1 heterocycles. The first-order chi connectivity index (χ1) is 12.8. The molecule has 2 aromatic carbocycles. The van der Waals surface area contributed by atoms with Crippen LogP contribution in [0, 0.1) is 0 Å². The molecular formula is C21H22O5S. The van der Waals surface area contributed by atoms with Gasteiger partial charge in [0.05, 0.1) is 11.5 Å². The monoisotopic (exact) mass is 386 g/mol. The highest BCUT2D eigenvalue weighted by Crippen LogP contribution is 2.35. The quantitative estimate of drug-likeness (QED) is 0.559. The van der Waals surface area contributed by atoms with Gasteiger partial charge in [-0.2, -0.15) is 0 Å². The minimum atomic E-state index is -3.28. The van der Waals surface area contributed by atoms with Crippen molar-refractivity contribution < 1.29 is 22.7 Å². The number of benzene rings is 2. The molecule has 142 valence electrons. The van der Waals surface area contributed by atoms with E-state index in [0.717, 1.165) is 29.6 Å². The van der Waals surface area contributed by atoms with Crippen LogP contribution >= 0.6 is 0 Å². The SMILES string of the molecule is CCOc1cc2c(cc1/C=C/C(=O)c1ccc(S(C)(=O)=O)cc1)O[C@@H](C)C2. The van der Waals surface area contributed by atoms with E-state index < -0.39 is 9.84 Å². The van der Waals surface area contributed by atoms with Gasteiger partial charge in [0.15, 0.2) is 15.6 Å². The number of ketones is 1. The summed E-state index contributed by atoms with van der Waals surface area (Å²) in [6.45, 7) is 4.45. The summed E-state index contributed by atoms with van der Waals surface area (Å²) in [5.41, 5.74) is 2.29. The Balaban J connectivity index is 1.85. The molecule has 1 aliphatic heterocycles. The van der Waals surface area contributed by atoms with Gasteiger partial charge in [0, 0.05) is 29.4 Å². The van der Waals surface area contributed by atoms with Crippen LogP contribution < -0.4 is 9.47 Å². The molecule has 0 aliphatic carbocycles. The second-order valence-corrected chi connectivity index (χ2v) is 8.57. The Hall–Kier alpha value is -2.60. The number of allylic oxidation sites excluding steroid dienone is 1. The molecule has 0 fully saturated rings. The number of fused-ring (bicyclic) bond motifs is 1. The molecule has 0 aromatic heterocycles. The predicted octanol–water partition coefficient (Wildman–Crippen LogP) is 3.71. The average molecular weight is 386 g/mol. The van der Waals surface area contributed by atoms with E-state index in [9.17, 15) is 13.2 Å². The zero-order valence-corrected chi connectivity index (χ0v) is 16.4. The van der Waals surface area contributed by atoms with E-state index in [1.165, 1.54) is 30.3 Å². The maximum atomic E-state index is 12.4. The van der Waals surface area contributed by atoms with E-state index in [-0.39, 0.29) is 16.8 Å². The summed E-state index contributed by atoms with van der Waals surface area (Å²) in [4.78, 5) is 12.6. The van der Waals surface area contributed by atoms with Crippen LogP contribution in [0.15, 0.2) is 47.4 Å². The van der Waals surface area contributed by atoms with Crippen LogP contribution in [0.1, 0.15) is 35.3 Å². The Morgan fingerprint density at radius 1 is 1.26 bits per heavy atom. The fourth-order valence-electron chi connectivity index (χ4n) is 2.99. The third-order valence-corrected chi connectivity index (χ3v) is 5.44. The molecule has 0 spiro atoms. The molecule has 2 aromatic rings. The molecule has 1 atom stereocenters. The lowest BCUT2D eigenvalue weighted by atomic mass is 10.0. The van der Waals surface area contributed by atoms with Gasteiger partial charge < -0.3 is 9.47 Å². The van der Waals surface area contributed by atoms with Crippen molar-refractivity contribution in [1.29, 1.82) is 0 Å². The van der Waals surface area contributed by atoms with Crippen LogP contribution in [0.3, 0.4) is 0 Å². The third-order valence-electron chi connectivity index (χ3n) is 4.31. The fraction of sp³-hybridized carbons (Fsp3) is 0.286. The molecule has 6 heteroatoms. The maximum absolute atomic E-state index is 12.4. The third kappa shape index (κ3) is 4.39. The zero-order chi connectivity index (χ0) is 19.6. The highest BCUT2D eigenvalue weighted by atomic mass is 32.2. The van der Waals surface area contributed by atoms with Gasteiger partial charge in [-0.05, 0) is 62.4 Å². The van der Waals surface area contributed by atoms with Crippen molar-refractivity contribution in [1.82, 2.24) is 0 Å². The van der Waals surface area contributed by atoms with Crippen LogP contribution in [0.25, 0.3) is 6.08 Å². The Kier molecular flexibility index (Phi) is 5.37. The summed E-state index contributed by atoms with van der Waals surface area (Å²) in [5.74, 6) is 1.31. The Morgan fingerprint density at radius 3 is 2.59 bits per heavy atom. The summed E-state index contributed by atoms with van der Waals surface area (Å²) in [5, 5.41) is 0. The Bertz CT molecular complexity index is 988. The second kappa shape index (κ2) is 7.56. The first-order valence-electron chi connectivity index (χ1n) is 8.77. The van der Waals surface area contributed by atoms with Gasteiger partial charge in [-0.1, -0.05) is 0 Å². The molecule has 0 unspecified atom stereocenters. The van der Waals surface area contributed by atoms with Crippen molar-refractivity contribution in [2.24, 2.45) is 0 Å². The molecule has 0 N–H and O–H groups in total. The van der Waals surface area contributed by atoms with E-state index in [1.54, 1.807) is 6.08 Å². The van der Waals surface area contributed by atoms with Crippen molar-refractivity contribution in [2.45, 2.75) is 31.3 Å². The van der Waals surface area contributed by atoms with Crippen molar-refractivity contribution in [2.75, 3.05) is 12.9 Å². The Labute approximate surface area is 159 Å². The molecule has 0 amide bonds. The van der Waals surface area contributed by atoms with E-state index >= 15 is 0 Å². The van der Waals surface area contributed by atoms with E-state index in [1.807, 2.05) is 26.0 Å². The summed E-state index contributed by atoms with van der Waals surface area (Å²) < 4.78 is 34.5. The Morgan fingerprint density at radius 2 is 1.96 bits per heavy atom. The molecule has 0 saturated heterocycles. The highest BCUT2D eigenvalue weighted by Gasteiger charge is 2.21. The van der Waals surface area contributed by atoms with Crippen LogP contribution in [-0.2, 0) is 16.3 Å². The van der Waals surface area contributed by atoms with Gasteiger partial charge in [-0.25, -0.2) is 8.42 Å². The lowest BCUT2D eigenvalue weighted by molar-refractivity contribution is 0.104. The molecule has 3 rings (SSSR count). The summed E-state index contributed by atoms with van der Waals surface area (Å²) in [6.07, 6.45) is 5.26. The van der Waals surface area contributed by atoms with Crippen molar-refractivity contribution in [3.05, 3.63) is 59.2 Å². The number of rotatable bonds is 6. The van der Waals surface area contributed by atoms with Crippen LogP contribution in [0.5, 0.6) is 11.5 Å². The van der Waals surface area contributed by atoms with Crippen LogP contribution in [0.4, 0.5) is 0 Å². The van der Waals surface area contributed by atoms with Crippen molar-refractivity contribution >= 4 is 21.7 Å². The van der Waals surface area contributed by atoms with Crippen LogP contribution in [0.2, 0.25) is 0 Å². The largest absolute Gasteiger partial charge is 0.493 e. The normalized spacial score (nSPS) is 16.2. The van der Waals surface area contributed by atoms with Gasteiger partial charge in [0.25, 0.3) is 0 Å². The number of carbonyl (C=O) groups is 1. The molecular weight excluding hydrogens is 364 g/mol. The number of ether oxygens (including phenoxy) is 2.